The van der Waals surface area contributed by atoms with Gasteiger partial charge in [-0.05, 0) is 49.7 Å². The molecule has 0 radical (unpaired) electrons. The van der Waals surface area contributed by atoms with Crippen molar-refractivity contribution in [3.63, 3.8) is 0 Å². The van der Waals surface area contributed by atoms with E-state index in [1.807, 2.05) is 56.3 Å². The first-order valence-electron chi connectivity index (χ1n) is 7.05. The maximum atomic E-state index is 6.20. The summed E-state index contributed by atoms with van der Waals surface area (Å²) in [5.74, 6) is 0.801. The van der Waals surface area contributed by atoms with Crippen molar-refractivity contribution in [2.24, 2.45) is 0 Å². The van der Waals surface area contributed by atoms with Gasteiger partial charge in [-0.25, -0.2) is 0 Å². The van der Waals surface area contributed by atoms with Crippen molar-refractivity contribution in [3.8, 4) is 5.75 Å². The number of anilines is 2. The number of hydrogen-bond acceptors (Lipinski definition) is 3. The van der Waals surface area contributed by atoms with E-state index in [1.54, 1.807) is 7.11 Å². The monoisotopic (exact) mass is 312 g/mol. The van der Waals surface area contributed by atoms with Gasteiger partial charge in [0.05, 0.1) is 12.6 Å². The maximum Gasteiger partial charge on any atom is 0.121 e. The molecule has 1 aromatic heterocycles. The van der Waals surface area contributed by atoms with Gasteiger partial charge < -0.3 is 10.1 Å². The van der Waals surface area contributed by atoms with Gasteiger partial charge in [-0.1, -0.05) is 17.7 Å². The van der Waals surface area contributed by atoms with E-state index in [0.29, 0.717) is 0 Å². The van der Waals surface area contributed by atoms with Gasteiger partial charge in [0.25, 0.3) is 0 Å². The molecular weight excluding hydrogens is 296 g/mol. The Hall–Kier alpha value is -2.26. The number of aryl methyl sites for hydroxylation is 2. The van der Waals surface area contributed by atoms with E-state index in [4.69, 9.17) is 16.3 Å². The molecule has 0 saturated heterocycles. The van der Waals surface area contributed by atoms with Crippen molar-refractivity contribution in [2.45, 2.75) is 13.8 Å². The Morgan fingerprint density at radius 2 is 1.86 bits per heavy atom. The Labute approximate surface area is 134 Å². The van der Waals surface area contributed by atoms with Crippen LogP contribution in [-0.4, -0.2) is 12.1 Å². The van der Waals surface area contributed by atoms with Crippen LogP contribution in [0.15, 0.2) is 42.5 Å². The van der Waals surface area contributed by atoms with Crippen LogP contribution in [0.1, 0.15) is 11.3 Å². The molecule has 3 aromatic rings. The summed E-state index contributed by atoms with van der Waals surface area (Å²) in [4.78, 5) is 4.57. The standard InChI is InChI=1S/C18H17ClN2O/c1-11-4-5-13(9-16(11)19)21-17-8-12(2)20-18-10-14(22-3)6-7-15(17)18/h4-10H,1-3H3,(H,20,21). The van der Waals surface area contributed by atoms with Crippen LogP contribution in [0.25, 0.3) is 10.9 Å². The van der Waals surface area contributed by atoms with Crippen molar-refractivity contribution >= 4 is 33.9 Å². The molecular formula is C18H17ClN2O. The number of nitrogens with one attached hydrogen (secondary N) is 1. The number of halogens is 1. The van der Waals surface area contributed by atoms with Crippen molar-refractivity contribution in [1.29, 1.82) is 0 Å². The zero-order chi connectivity index (χ0) is 15.7. The van der Waals surface area contributed by atoms with Gasteiger partial charge in [0, 0.05) is 33.5 Å². The van der Waals surface area contributed by atoms with E-state index < -0.39 is 0 Å². The molecule has 1 heterocycles. The van der Waals surface area contributed by atoms with E-state index >= 15 is 0 Å². The number of ether oxygens (including phenoxy) is 1. The van der Waals surface area contributed by atoms with Gasteiger partial charge in [-0.15, -0.1) is 0 Å². The molecule has 22 heavy (non-hydrogen) atoms. The average molecular weight is 313 g/mol. The minimum absolute atomic E-state index is 0.752. The number of fused-ring (bicyclic) bond motifs is 1. The molecule has 0 fully saturated rings. The lowest BCUT2D eigenvalue weighted by Gasteiger charge is -2.12. The summed E-state index contributed by atoms with van der Waals surface area (Å²) in [6.45, 7) is 3.97. The molecule has 0 atom stereocenters. The molecule has 0 bridgehead atoms. The summed E-state index contributed by atoms with van der Waals surface area (Å²) >= 11 is 6.20. The van der Waals surface area contributed by atoms with E-state index in [2.05, 4.69) is 10.3 Å². The molecule has 0 aliphatic carbocycles. The minimum atomic E-state index is 0.752. The summed E-state index contributed by atoms with van der Waals surface area (Å²) in [7, 11) is 1.66. The molecule has 0 unspecified atom stereocenters. The Kier molecular flexibility index (Phi) is 3.90. The second-order valence-electron chi connectivity index (χ2n) is 5.28. The largest absolute Gasteiger partial charge is 0.497 e. The number of nitrogens with zero attached hydrogens (tertiary/aromatic N) is 1. The van der Waals surface area contributed by atoms with Crippen LogP contribution in [-0.2, 0) is 0 Å². The second-order valence-corrected chi connectivity index (χ2v) is 5.69. The summed E-state index contributed by atoms with van der Waals surface area (Å²) in [5.41, 5.74) is 4.87. The van der Waals surface area contributed by atoms with Gasteiger partial charge in [-0.2, -0.15) is 0 Å². The number of methoxy groups -OCH3 is 1. The quantitative estimate of drug-likeness (QED) is 0.716. The Bertz CT molecular complexity index is 846. The van der Waals surface area contributed by atoms with Crippen LogP contribution in [0.4, 0.5) is 11.4 Å². The normalized spacial score (nSPS) is 10.7. The number of rotatable bonds is 3. The predicted molar refractivity (Wildman–Crippen MR) is 92.5 cm³/mol. The Balaban J connectivity index is 2.07. The first-order valence-corrected chi connectivity index (χ1v) is 7.43. The Morgan fingerprint density at radius 3 is 2.59 bits per heavy atom. The van der Waals surface area contributed by atoms with Crippen LogP contribution in [0, 0.1) is 13.8 Å². The lowest BCUT2D eigenvalue weighted by Crippen LogP contribution is -1.95. The highest BCUT2D eigenvalue weighted by Gasteiger charge is 2.07. The molecule has 112 valence electrons. The molecule has 3 nitrogen and oxygen atoms in total. The molecule has 0 saturated carbocycles. The third-order valence-corrected chi connectivity index (χ3v) is 4.00. The summed E-state index contributed by atoms with van der Waals surface area (Å²) in [6, 6.07) is 13.9. The van der Waals surface area contributed by atoms with Crippen molar-refractivity contribution in [1.82, 2.24) is 4.98 Å². The summed E-state index contributed by atoms with van der Waals surface area (Å²) < 4.78 is 5.27. The molecule has 0 spiro atoms. The molecule has 0 aliphatic rings. The zero-order valence-electron chi connectivity index (χ0n) is 12.8. The van der Waals surface area contributed by atoms with Gasteiger partial charge in [0.15, 0.2) is 0 Å². The third kappa shape index (κ3) is 2.85. The first kappa shape index (κ1) is 14.7. The molecule has 3 rings (SSSR count). The van der Waals surface area contributed by atoms with Crippen LogP contribution < -0.4 is 10.1 Å². The number of pyridine rings is 1. The van der Waals surface area contributed by atoms with Gasteiger partial charge >= 0.3 is 0 Å². The Morgan fingerprint density at radius 1 is 1.05 bits per heavy atom. The highest BCUT2D eigenvalue weighted by molar-refractivity contribution is 6.31. The van der Waals surface area contributed by atoms with Crippen LogP contribution in [0.2, 0.25) is 5.02 Å². The van der Waals surface area contributed by atoms with Crippen LogP contribution in [0.3, 0.4) is 0 Å². The third-order valence-electron chi connectivity index (χ3n) is 3.60. The molecule has 2 aromatic carbocycles. The van der Waals surface area contributed by atoms with Crippen molar-refractivity contribution in [2.75, 3.05) is 12.4 Å². The molecule has 4 heteroatoms. The van der Waals surface area contributed by atoms with Gasteiger partial charge in [0.2, 0.25) is 0 Å². The molecule has 0 amide bonds. The topological polar surface area (TPSA) is 34.1 Å². The fraction of sp³-hybridized carbons (Fsp3) is 0.167. The number of benzene rings is 2. The molecule has 0 aliphatic heterocycles. The van der Waals surface area contributed by atoms with E-state index in [0.717, 1.165) is 44.3 Å². The maximum absolute atomic E-state index is 6.20. The van der Waals surface area contributed by atoms with Crippen LogP contribution in [0.5, 0.6) is 5.75 Å². The lowest BCUT2D eigenvalue weighted by atomic mass is 10.1. The fourth-order valence-electron chi connectivity index (χ4n) is 2.40. The second kappa shape index (κ2) is 5.85. The predicted octanol–water partition coefficient (Wildman–Crippen LogP) is 5.26. The molecule has 1 N–H and O–H groups in total. The average Bonchev–Trinajstić information content (AvgIpc) is 2.50. The number of aromatic nitrogens is 1. The lowest BCUT2D eigenvalue weighted by molar-refractivity contribution is 0.415. The van der Waals surface area contributed by atoms with Gasteiger partial charge in [-0.3, -0.25) is 4.98 Å². The fourth-order valence-corrected chi connectivity index (χ4v) is 2.58. The van der Waals surface area contributed by atoms with E-state index in [9.17, 15) is 0 Å². The highest BCUT2D eigenvalue weighted by atomic mass is 35.5. The van der Waals surface area contributed by atoms with Crippen molar-refractivity contribution in [3.05, 3.63) is 58.7 Å². The summed E-state index contributed by atoms with van der Waals surface area (Å²) in [5, 5.41) is 5.22. The van der Waals surface area contributed by atoms with Crippen molar-refractivity contribution < 1.29 is 4.74 Å². The smallest absolute Gasteiger partial charge is 0.121 e. The first-order chi connectivity index (χ1) is 10.6. The minimum Gasteiger partial charge on any atom is -0.497 e. The SMILES string of the molecule is COc1ccc2c(Nc3ccc(C)c(Cl)c3)cc(C)nc2c1. The number of hydrogen-bond donors (Lipinski definition) is 1. The highest BCUT2D eigenvalue weighted by Crippen LogP contribution is 2.30. The van der Waals surface area contributed by atoms with Gasteiger partial charge in [0.1, 0.15) is 5.75 Å². The summed E-state index contributed by atoms with van der Waals surface area (Å²) in [6.07, 6.45) is 0. The van der Waals surface area contributed by atoms with E-state index in [1.165, 1.54) is 0 Å². The zero-order valence-corrected chi connectivity index (χ0v) is 13.5. The van der Waals surface area contributed by atoms with Crippen LogP contribution >= 0.6 is 11.6 Å². The van der Waals surface area contributed by atoms with E-state index in [-0.39, 0.29) is 0 Å².